The lowest BCUT2D eigenvalue weighted by atomic mass is 9.60. The summed E-state index contributed by atoms with van der Waals surface area (Å²) in [5.41, 5.74) is 2.77. The number of carbonyl (C=O) groups excluding carboxylic acids is 2. The van der Waals surface area contributed by atoms with E-state index in [9.17, 15) is 9.59 Å². The standard InChI is InChI=1S/C31H35N7O4/c1-5-37-16-30(3,4)42-26-24(27(37)39)25(35-28(36-26)38-15-22-31(17-38)13-12-21(31)41-22)19-7-9-20(10-8-19)33-29(40)34-23-11-6-18(2)14-32-23/h6-11,14,21-22H,5,12-13,15-17H2,1-4H3,(H2,32,33,34,40). The second kappa shape index (κ2) is 9.65. The number of nitrogens with one attached hydrogen (secondary N) is 2. The molecule has 0 radical (unpaired) electrons. The zero-order valence-corrected chi connectivity index (χ0v) is 24.3. The summed E-state index contributed by atoms with van der Waals surface area (Å²) in [6.07, 6.45) is 4.50. The smallest absolute Gasteiger partial charge is 0.324 e. The van der Waals surface area contributed by atoms with Gasteiger partial charge in [0.15, 0.2) is 0 Å². The molecule has 1 saturated carbocycles. The highest BCUT2D eigenvalue weighted by Gasteiger charge is 2.66. The summed E-state index contributed by atoms with van der Waals surface area (Å²) in [6, 6.07) is 10.5. The number of fused-ring (bicyclic) bond motifs is 1. The third-order valence-corrected chi connectivity index (χ3v) is 8.90. The van der Waals surface area contributed by atoms with E-state index < -0.39 is 11.6 Å². The van der Waals surface area contributed by atoms with Crippen LogP contribution >= 0.6 is 0 Å². The van der Waals surface area contributed by atoms with Crippen molar-refractivity contribution in [2.24, 2.45) is 5.41 Å². The quantitative estimate of drug-likeness (QED) is 0.461. The number of nitrogens with zero attached hydrogens (tertiary/aromatic N) is 5. The minimum Gasteiger partial charge on any atom is -0.469 e. The van der Waals surface area contributed by atoms with E-state index in [2.05, 4.69) is 20.5 Å². The fraction of sp³-hybridized carbons (Fsp3) is 0.452. The molecule has 0 bridgehead atoms. The minimum atomic E-state index is -0.627. The van der Waals surface area contributed by atoms with Crippen molar-refractivity contribution in [3.05, 3.63) is 53.7 Å². The Morgan fingerprint density at radius 1 is 1.07 bits per heavy atom. The zero-order valence-electron chi connectivity index (χ0n) is 24.3. The van der Waals surface area contributed by atoms with Crippen LogP contribution in [0.15, 0.2) is 42.6 Å². The van der Waals surface area contributed by atoms with Crippen molar-refractivity contribution in [3.8, 4) is 17.1 Å². The van der Waals surface area contributed by atoms with E-state index in [-0.39, 0.29) is 17.4 Å². The first-order chi connectivity index (χ1) is 20.1. The summed E-state index contributed by atoms with van der Waals surface area (Å²) >= 11 is 0. The second-order valence-electron chi connectivity index (χ2n) is 12.4. The van der Waals surface area contributed by atoms with Gasteiger partial charge in [-0.2, -0.15) is 4.98 Å². The number of hydrogen-bond donors (Lipinski definition) is 2. The number of aryl methyl sites for hydroxylation is 1. The van der Waals surface area contributed by atoms with Crippen LogP contribution in [0, 0.1) is 12.3 Å². The molecule has 42 heavy (non-hydrogen) atoms. The van der Waals surface area contributed by atoms with Crippen LogP contribution in [0.3, 0.4) is 0 Å². The van der Waals surface area contributed by atoms with Gasteiger partial charge in [0.2, 0.25) is 11.8 Å². The second-order valence-corrected chi connectivity index (χ2v) is 12.4. The third kappa shape index (κ3) is 4.43. The highest BCUT2D eigenvalue weighted by molar-refractivity contribution is 6.03. The monoisotopic (exact) mass is 569 g/mol. The number of amides is 3. The maximum absolute atomic E-state index is 13.9. The number of urea groups is 1. The van der Waals surface area contributed by atoms with Gasteiger partial charge >= 0.3 is 6.03 Å². The molecule has 3 atom stereocenters. The summed E-state index contributed by atoms with van der Waals surface area (Å²) in [7, 11) is 0. The van der Waals surface area contributed by atoms with Gasteiger partial charge in [0, 0.05) is 42.5 Å². The van der Waals surface area contributed by atoms with Crippen LogP contribution in [0.4, 0.5) is 22.2 Å². The lowest BCUT2D eigenvalue weighted by molar-refractivity contribution is -0.279. The highest BCUT2D eigenvalue weighted by Crippen LogP contribution is 2.59. The first kappa shape index (κ1) is 26.6. The topological polar surface area (TPSA) is 122 Å². The molecule has 1 aliphatic carbocycles. The lowest BCUT2D eigenvalue weighted by Gasteiger charge is -2.59. The van der Waals surface area contributed by atoms with E-state index in [0.717, 1.165) is 37.1 Å². The van der Waals surface area contributed by atoms with Crippen LogP contribution in [0.1, 0.15) is 49.5 Å². The van der Waals surface area contributed by atoms with Gasteiger partial charge in [-0.05, 0) is 64.3 Å². The van der Waals surface area contributed by atoms with Gasteiger partial charge in [0.05, 0.1) is 24.4 Å². The molecule has 7 rings (SSSR count). The molecule has 11 nitrogen and oxygen atoms in total. The number of likely N-dealkylation sites (N-methyl/N-ethyl adjacent to an activating group) is 1. The normalized spacial score (nSPS) is 25.2. The SMILES string of the molecule is CCN1CC(C)(C)Oc2nc(N3CC4OC5CCC54C3)nc(-c3ccc(NC(=O)Nc4ccc(C)cn4)cc3)c2C1=O. The van der Waals surface area contributed by atoms with E-state index in [1.54, 1.807) is 29.3 Å². The predicted octanol–water partition coefficient (Wildman–Crippen LogP) is 4.49. The molecule has 2 aromatic heterocycles. The van der Waals surface area contributed by atoms with E-state index >= 15 is 0 Å². The minimum absolute atomic E-state index is 0.158. The molecule has 218 valence electrons. The lowest BCUT2D eigenvalue weighted by Crippen LogP contribution is -2.65. The first-order valence-corrected chi connectivity index (χ1v) is 14.6. The molecule has 3 fully saturated rings. The van der Waals surface area contributed by atoms with Crippen LogP contribution in [0.25, 0.3) is 11.3 Å². The Bertz CT molecular complexity index is 1560. The maximum Gasteiger partial charge on any atom is 0.324 e. The van der Waals surface area contributed by atoms with E-state index in [1.165, 1.54) is 0 Å². The Morgan fingerprint density at radius 2 is 1.88 bits per heavy atom. The predicted molar refractivity (Wildman–Crippen MR) is 158 cm³/mol. The molecule has 3 aliphatic heterocycles. The summed E-state index contributed by atoms with van der Waals surface area (Å²) in [5.74, 6) is 1.15. The van der Waals surface area contributed by atoms with Crippen molar-refractivity contribution >= 4 is 29.4 Å². The van der Waals surface area contributed by atoms with Crippen molar-refractivity contribution in [3.63, 3.8) is 0 Å². The van der Waals surface area contributed by atoms with E-state index in [0.29, 0.717) is 53.8 Å². The number of pyridine rings is 1. The van der Waals surface area contributed by atoms with Gasteiger partial charge < -0.3 is 24.6 Å². The molecular formula is C31H35N7O4. The van der Waals surface area contributed by atoms with Crippen molar-refractivity contribution in [2.75, 3.05) is 41.7 Å². The fourth-order valence-electron chi connectivity index (χ4n) is 6.56. The number of aromatic nitrogens is 3. The summed E-state index contributed by atoms with van der Waals surface area (Å²) in [6.45, 7) is 10.4. The Hall–Kier alpha value is -4.25. The third-order valence-electron chi connectivity index (χ3n) is 8.90. The van der Waals surface area contributed by atoms with Crippen molar-refractivity contribution < 1.29 is 19.1 Å². The van der Waals surface area contributed by atoms with Crippen molar-refractivity contribution in [1.82, 2.24) is 19.9 Å². The van der Waals surface area contributed by atoms with Gasteiger partial charge in [-0.3, -0.25) is 10.1 Å². The molecule has 3 amide bonds. The van der Waals surface area contributed by atoms with Crippen LogP contribution in [-0.4, -0.2) is 75.8 Å². The maximum atomic E-state index is 13.9. The number of rotatable bonds is 5. The number of hydrogen-bond acceptors (Lipinski definition) is 8. The summed E-state index contributed by atoms with van der Waals surface area (Å²) < 4.78 is 12.5. The Morgan fingerprint density at radius 3 is 2.52 bits per heavy atom. The Balaban J connectivity index is 1.21. The van der Waals surface area contributed by atoms with E-state index in [1.807, 2.05) is 45.9 Å². The molecule has 4 aliphatic rings. The molecule has 2 N–H and O–H groups in total. The van der Waals surface area contributed by atoms with Crippen LogP contribution in [0.5, 0.6) is 5.88 Å². The van der Waals surface area contributed by atoms with Crippen molar-refractivity contribution in [2.45, 2.75) is 58.3 Å². The molecule has 3 unspecified atom stereocenters. The number of ether oxygens (including phenoxy) is 2. The molecule has 2 saturated heterocycles. The van der Waals surface area contributed by atoms with Crippen LogP contribution in [0.2, 0.25) is 0 Å². The van der Waals surface area contributed by atoms with Gasteiger partial charge in [-0.25, -0.2) is 14.8 Å². The van der Waals surface area contributed by atoms with Gasteiger partial charge in [0.25, 0.3) is 5.91 Å². The summed E-state index contributed by atoms with van der Waals surface area (Å²) in [5, 5.41) is 5.57. The van der Waals surface area contributed by atoms with Gasteiger partial charge in [0.1, 0.15) is 17.0 Å². The summed E-state index contributed by atoms with van der Waals surface area (Å²) in [4.78, 5) is 44.5. The van der Waals surface area contributed by atoms with Crippen molar-refractivity contribution in [1.29, 1.82) is 0 Å². The number of benzene rings is 1. The first-order valence-electron chi connectivity index (χ1n) is 14.6. The molecule has 3 aromatic rings. The zero-order chi connectivity index (χ0) is 29.2. The van der Waals surface area contributed by atoms with Crippen LogP contribution in [-0.2, 0) is 4.74 Å². The molecular weight excluding hydrogens is 534 g/mol. The molecule has 11 heteroatoms. The fourth-order valence-corrected chi connectivity index (χ4v) is 6.56. The van der Waals surface area contributed by atoms with Gasteiger partial charge in [-0.15, -0.1) is 0 Å². The number of anilines is 3. The highest BCUT2D eigenvalue weighted by atomic mass is 16.5. The Kier molecular flexibility index (Phi) is 6.12. The molecule has 1 spiro atoms. The molecule has 1 aromatic carbocycles. The van der Waals surface area contributed by atoms with Gasteiger partial charge in [-0.1, -0.05) is 18.2 Å². The molecule has 5 heterocycles. The van der Waals surface area contributed by atoms with Crippen LogP contribution < -0.4 is 20.3 Å². The average Bonchev–Trinajstić information content (AvgIpc) is 3.28. The van der Waals surface area contributed by atoms with E-state index in [4.69, 9.17) is 19.4 Å². The Labute approximate surface area is 244 Å². The number of carbonyl (C=O) groups is 2. The largest absolute Gasteiger partial charge is 0.469 e. The average molecular weight is 570 g/mol.